The largest absolute Gasteiger partial charge is 0.479 e. The lowest BCUT2D eigenvalue weighted by Crippen LogP contribution is -2.47. The zero-order chi connectivity index (χ0) is 27.4. The van der Waals surface area contributed by atoms with E-state index < -0.39 is 17.5 Å². The zero-order valence-corrected chi connectivity index (χ0v) is 21.8. The van der Waals surface area contributed by atoms with Crippen molar-refractivity contribution in [1.29, 1.82) is 5.26 Å². The zero-order valence-electron chi connectivity index (χ0n) is 21.8. The summed E-state index contributed by atoms with van der Waals surface area (Å²) >= 11 is 0. The molecule has 0 aromatic carbocycles. The molecule has 3 heterocycles. The lowest BCUT2D eigenvalue weighted by molar-refractivity contribution is 0.0501. The Morgan fingerprint density at radius 2 is 2.05 bits per heavy atom. The maximum Gasteiger partial charge on any atom is 0.407 e. The molecule has 2 atom stereocenters. The van der Waals surface area contributed by atoms with Crippen LogP contribution in [0.2, 0.25) is 0 Å². The minimum Gasteiger partial charge on any atom is -0.479 e. The van der Waals surface area contributed by atoms with Crippen LogP contribution in [0.4, 0.5) is 26.5 Å². The van der Waals surface area contributed by atoms with Gasteiger partial charge in [0.2, 0.25) is 5.88 Å². The van der Waals surface area contributed by atoms with Crippen LogP contribution < -0.4 is 20.7 Å². The van der Waals surface area contributed by atoms with Crippen molar-refractivity contribution in [3.05, 3.63) is 42.1 Å². The molecule has 4 rings (SSSR count). The molecular weight excluding hydrogens is 493 g/mol. The first kappa shape index (κ1) is 26.6. The van der Waals surface area contributed by atoms with Gasteiger partial charge in [-0.3, -0.25) is 0 Å². The van der Waals surface area contributed by atoms with Crippen LogP contribution in [0.1, 0.15) is 46.1 Å². The van der Waals surface area contributed by atoms with Crippen molar-refractivity contribution in [3.8, 4) is 17.6 Å². The Kier molecular flexibility index (Phi) is 7.61. The van der Waals surface area contributed by atoms with Crippen LogP contribution in [0, 0.1) is 23.1 Å². The van der Waals surface area contributed by atoms with Crippen LogP contribution in [0.3, 0.4) is 0 Å². The molecule has 3 aromatic heterocycles. The van der Waals surface area contributed by atoms with E-state index >= 15 is 4.39 Å². The van der Waals surface area contributed by atoms with Crippen molar-refractivity contribution >= 4 is 23.4 Å². The molecular formula is C25H30FN9O3. The Morgan fingerprint density at radius 3 is 2.66 bits per heavy atom. The van der Waals surface area contributed by atoms with Crippen molar-refractivity contribution in [2.24, 2.45) is 5.92 Å². The summed E-state index contributed by atoms with van der Waals surface area (Å²) in [4.78, 5) is 21.0. The van der Waals surface area contributed by atoms with Gasteiger partial charge in [-0.2, -0.15) is 5.26 Å². The number of nitrogens with one attached hydrogen (secondary N) is 3. The molecule has 12 nitrogen and oxygen atoms in total. The highest BCUT2D eigenvalue weighted by Crippen LogP contribution is 2.36. The molecule has 1 aliphatic rings. The Morgan fingerprint density at radius 1 is 1.29 bits per heavy atom. The molecule has 3 aromatic rings. The van der Waals surface area contributed by atoms with Gasteiger partial charge in [-0.15, -0.1) is 5.10 Å². The van der Waals surface area contributed by atoms with Gasteiger partial charge >= 0.3 is 6.09 Å². The van der Waals surface area contributed by atoms with Crippen molar-refractivity contribution in [2.45, 2.75) is 58.2 Å². The highest BCUT2D eigenvalue weighted by Gasteiger charge is 2.37. The summed E-state index contributed by atoms with van der Waals surface area (Å²) in [6.45, 7) is 7.18. The molecule has 38 heavy (non-hydrogen) atoms. The van der Waals surface area contributed by atoms with Crippen molar-refractivity contribution in [2.75, 3.05) is 17.7 Å². The highest BCUT2D eigenvalue weighted by molar-refractivity contribution is 5.69. The second-order valence-electron chi connectivity index (χ2n) is 9.99. The summed E-state index contributed by atoms with van der Waals surface area (Å²) in [5.41, 5.74) is 0.341. The Bertz CT molecular complexity index is 1330. The number of halogens is 1. The molecule has 3 N–H and O–H groups in total. The maximum absolute atomic E-state index is 15.0. The number of anilines is 3. The normalized spacial score (nSPS) is 14.7. The number of ether oxygens (including phenoxy) is 2. The monoisotopic (exact) mass is 523 g/mol. The van der Waals surface area contributed by atoms with Gasteiger partial charge in [-0.25, -0.2) is 23.8 Å². The lowest BCUT2D eigenvalue weighted by Gasteiger charge is -2.28. The quantitative estimate of drug-likeness (QED) is 0.376. The van der Waals surface area contributed by atoms with E-state index in [1.165, 1.54) is 24.2 Å². The minimum atomic E-state index is -0.682. The van der Waals surface area contributed by atoms with E-state index in [2.05, 4.69) is 36.2 Å². The smallest absolute Gasteiger partial charge is 0.407 e. The average molecular weight is 524 g/mol. The first-order chi connectivity index (χ1) is 18.1. The van der Waals surface area contributed by atoms with Gasteiger partial charge < -0.3 is 25.4 Å². The number of carbonyl (C=O) groups is 1. The molecule has 0 bridgehead atoms. The number of methoxy groups -OCH3 is 1. The summed E-state index contributed by atoms with van der Waals surface area (Å²) in [6.07, 6.45) is 5.96. The van der Waals surface area contributed by atoms with E-state index in [0.29, 0.717) is 17.3 Å². The van der Waals surface area contributed by atoms with E-state index in [-0.39, 0.29) is 35.2 Å². The van der Waals surface area contributed by atoms with Crippen LogP contribution in [-0.4, -0.2) is 55.8 Å². The van der Waals surface area contributed by atoms with Crippen LogP contribution in [-0.2, 0) is 4.74 Å². The second-order valence-corrected chi connectivity index (χ2v) is 9.99. The molecule has 1 unspecified atom stereocenters. The summed E-state index contributed by atoms with van der Waals surface area (Å²) < 4.78 is 27.2. The lowest BCUT2D eigenvalue weighted by atomic mass is 10.0. The number of nitriles is 1. The van der Waals surface area contributed by atoms with Crippen molar-refractivity contribution in [3.63, 3.8) is 0 Å². The standard InChI is InChI=1S/C25H30FN9O3/c1-14(30-24(36)38-25(2,3)4)20(15-6-7-15)32-22-18(26)10-16(12-27)21(33-22)31-17-11-19(23(37-5)28-13-17)35-9-8-29-34-35/h8-11,13-15,20H,6-7H2,1-5H3,(H,30,36)(H2,31,32,33)/t14-,20?/m0/s1. The van der Waals surface area contributed by atoms with Crippen molar-refractivity contribution < 1.29 is 18.7 Å². The number of pyridine rings is 2. The fourth-order valence-corrected chi connectivity index (χ4v) is 3.92. The third-order valence-corrected chi connectivity index (χ3v) is 5.77. The van der Waals surface area contributed by atoms with Gasteiger partial charge in [0, 0.05) is 6.04 Å². The van der Waals surface area contributed by atoms with E-state index in [1.54, 1.807) is 33.0 Å². The summed E-state index contributed by atoms with van der Waals surface area (Å²) in [5.74, 6) is -0.0493. The molecule has 0 radical (unpaired) electrons. The molecule has 1 saturated carbocycles. The summed E-state index contributed by atoms with van der Waals surface area (Å²) in [7, 11) is 1.48. The third kappa shape index (κ3) is 6.44. The fraction of sp³-hybridized carbons (Fsp3) is 0.440. The Labute approximate surface area is 219 Å². The van der Waals surface area contributed by atoms with Gasteiger partial charge in [0.05, 0.1) is 43.0 Å². The van der Waals surface area contributed by atoms with Gasteiger partial charge in [0.25, 0.3) is 0 Å². The predicted molar refractivity (Wildman–Crippen MR) is 137 cm³/mol. The maximum atomic E-state index is 15.0. The third-order valence-electron chi connectivity index (χ3n) is 5.77. The number of amides is 1. The first-order valence-electron chi connectivity index (χ1n) is 12.1. The highest BCUT2D eigenvalue weighted by atomic mass is 19.1. The van der Waals surface area contributed by atoms with Crippen LogP contribution in [0.5, 0.6) is 5.88 Å². The van der Waals surface area contributed by atoms with E-state index in [9.17, 15) is 10.1 Å². The topological polar surface area (TPSA) is 152 Å². The SMILES string of the molecule is COc1ncc(Nc2nc(NC(C3CC3)[C@H](C)NC(=O)OC(C)(C)C)c(F)cc2C#N)cc1-n1ccnn1. The number of hydrogen-bond acceptors (Lipinski definition) is 10. The number of nitrogens with zero attached hydrogens (tertiary/aromatic N) is 6. The van der Waals surface area contributed by atoms with E-state index in [4.69, 9.17) is 9.47 Å². The van der Waals surface area contributed by atoms with Crippen molar-refractivity contribution in [1.82, 2.24) is 30.3 Å². The van der Waals surface area contributed by atoms with Crippen LogP contribution in [0.25, 0.3) is 5.69 Å². The first-order valence-corrected chi connectivity index (χ1v) is 12.1. The van der Waals surface area contributed by atoms with Gasteiger partial charge in [0.1, 0.15) is 17.4 Å². The number of aromatic nitrogens is 5. The average Bonchev–Trinajstić information content (AvgIpc) is 3.54. The molecule has 13 heteroatoms. The number of carbonyl (C=O) groups excluding carboxylic acids is 1. The minimum absolute atomic E-state index is 0.00840. The summed E-state index contributed by atoms with van der Waals surface area (Å²) in [5, 5.41) is 26.4. The molecule has 1 aliphatic carbocycles. The van der Waals surface area contributed by atoms with Crippen LogP contribution in [0.15, 0.2) is 30.7 Å². The number of rotatable bonds is 9. The van der Waals surface area contributed by atoms with E-state index in [1.807, 2.05) is 13.0 Å². The number of alkyl carbamates (subject to hydrolysis) is 1. The Hall–Kier alpha value is -4.47. The fourth-order valence-electron chi connectivity index (χ4n) is 3.92. The van der Waals surface area contributed by atoms with Gasteiger partial charge in [-0.1, -0.05) is 5.21 Å². The molecule has 200 valence electrons. The van der Waals surface area contributed by atoms with Gasteiger partial charge in [0.15, 0.2) is 17.5 Å². The van der Waals surface area contributed by atoms with E-state index in [0.717, 1.165) is 18.9 Å². The molecule has 0 spiro atoms. The van der Waals surface area contributed by atoms with Crippen LogP contribution >= 0.6 is 0 Å². The molecule has 0 aliphatic heterocycles. The second kappa shape index (κ2) is 10.9. The Balaban J connectivity index is 1.58. The van der Waals surface area contributed by atoms with Gasteiger partial charge in [-0.05, 0) is 58.6 Å². The summed E-state index contributed by atoms with van der Waals surface area (Å²) in [6, 6.07) is 4.10. The predicted octanol–water partition coefficient (Wildman–Crippen LogP) is 3.92. The number of hydrogen-bond donors (Lipinski definition) is 3. The molecule has 1 amide bonds. The molecule has 0 saturated heterocycles. The molecule has 1 fully saturated rings.